The minimum absolute atomic E-state index is 0.0920. The van der Waals surface area contributed by atoms with Crippen molar-refractivity contribution in [3.05, 3.63) is 106 Å². The Labute approximate surface area is 195 Å². The van der Waals surface area contributed by atoms with Crippen LogP contribution in [0.25, 0.3) is 5.57 Å². The summed E-state index contributed by atoms with van der Waals surface area (Å²) in [5.74, 6) is 5.99. The summed E-state index contributed by atoms with van der Waals surface area (Å²) in [6.45, 7) is 10.7. The summed E-state index contributed by atoms with van der Waals surface area (Å²) >= 11 is 0. The number of fused-ring (bicyclic) bond motifs is 1. The summed E-state index contributed by atoms with van der Waals surface area (Å²) in [5.41, 5.74) is 5.66. The van der Waals surface area contributed by atoms with Crippen LogP contribution in [0.4, 0.5) is 0 Å². The Hall–Kier alpha value is -3.77. The Bertz CT molecular complexity index is 1310. The molecule has 0 saturated carbocycles. The number of hydrogen-bond acceptors (Lipinski definition) is 2. The zero-order valence-corrected chi connectivity index (χ0v) is 19.7. The zero-order chi connectivity index (χ0) is 23.8. The van der Waals surface area contributed by atoms with Crippen molar-refractivity contribution < 1.29 is 14.6 Å². The molecule has 0 bridgehead atoms. The van der Waals surface area contributed by atoms with E-state index in [1.54, 1.807) is 24.3 Å². The van der Waals surface area contributed by atoms with Gasteiger partial charge in [-0.25, -0.2) is 4.79 Å². The van der Waals surface area contributed by atoms with Crippen LogP contribution in [-0.4, -0.2) is 16.7 Å². The third kappa shape index (κ3) is 4.86. The summed E-state index contributed by atoms with van der Waals surface area (Å²) in [5, 5.41) is 9.41. The van der Waals surface area contributed by atoms with Crippen molar-refractivity contribution in [2.75, 3.05) is 0 Å². The molecule has 0 aromatic heterocycles. The fraction of sp³-hybridized carbons (Fsp3) is 0.233. The quantitative estimate of drug-likeness (QED) is 0.456. The van der Waals surface area contributed by atoms with Crippen molar-refractivity contribution in [2.45, 2.75) is 45.6 Å². The second kappa shape index (κ2) is 8.30. The Morgan fingerprint density at radius 3 is 2.30 bits per heavy atom. The predicted molar refractivity (Wildman–Crippen MR) is 133 cm³/mol. The maximum Gasteiger partial charge on any atom is 0.336 e. The van der Waals surface area contributed by atoms with Crippen LogP contribution in [0.15, 0.2) is 72.8 Å². The summed E-state index contributed by atoms with van der Waals surface area (Å²) in [4.78, 5) is 11.5. The molecule has 1 N–H and O–H groups in total. The van der Waals surface area contributed by atoms with E-state index >= 15 is 0 Å². The van der Waals surface area contributed by atoms with Crippen LogP contribution in [0.3, 0.4) is 0 Å². The maximum absolute atomic E-state index is 11.5. The number of benzene rings is 3. The van der Waals surface area contributed by atoms with Crippen molar-refractivity contribution in [3.8, 4) is 17.6 Å². The molecule has 0 amide bonds. The van der Waals surface area contributed by atoms with Crippen molar-refractivity contribution >= 4 is 11.5 Å². The van der Waals surface area contributed by atoms with E-state index in [0.29, 0.717) is 5.56 Å². The molecular formula is C30H28O3. The van der Waals surface area contributed by atoms with Crippen molar-refractivity contribution in [2.24, 2.45) is 0 Å². The molecular weight excluding hydrogens is 408 g/mol. The largest absolute Gasteiger partial charge is 0.483 e. The number of aromatic carboxylic acids is 1. The average Bonchev–Trinajstić information content (AvgIpc) is 2.76. The molecule has 4 rings (SSSR count). The van der Waals surface area contributed by atoms with Gasteiger partial charge in [0.1, 0.15) is 11.4 Å². The molecule has 1 aliphatic rings. The van der Waals surface area contributed by atoms with E-state index in [0.717, 1.165) is 28.0 Å². The molecule has 3 aromatic carbocycles. The van der Waals surface area contributed by atoms with Gasteiger partial charge in [-0.05, 0) is 72.4 Å². The third-order valence-corrected chi connectivity index (χ3v) is 5.70. The number of hydrogen-bond donors (Lipinski definition) is 1. The lowest BCUT2D eigenvalue weighted by atomic mass is 9.84. The van der Waals surface area contributed by atoms with E-state index < -0.39 is 11.6 Å². The lowest BCUT2D eigenvalue weighted by molar-refractivity contribution is 0.0696. The van der Waals surface area contributed by atoms with Crippen LogP contribution in [0, 0.1) is 11.8 Å². The molecule has 0 radical (unpaired) electrons. The highest BCUT2D eigenvalue weighted by atomic mass is 16.5. The van der Waals surface area contributed by atoms with Crippen molar-refractivity contribution in [1.82, 2.24) is 0 Å². The lowest BCUT2D eigenvalue weighted by Crippen LogP contribution is -2.29. The van der Waals surface area contributed by atoms with E-state index in [-0.39, 0.29) is 11.0 Å². The Morgan fingerprint density at radius 2 is 1.64 bits per heavy atom. The summed E-state index contributed by atoms with van der Waals surface area (Å²) in [6, 6.07) is 21.4. The Kier molecular flexibility index (Phi) is 5.64. The minimum Gasteiger partial charge on any atom is -0.483 e. The maximum atomic E-state index is 11.5. The normalized spacial score (nSPS) is 14.3. The SMILES string of the molecule is CC1(C)C=C(c2ccc(C(C)(C)C)cc2)c2cc(C#Cc3ccccc3C(=O)O)ccc2O1. The van der Waals surface area contributed by atoms with Crippen LogP contribution in [0.1, 0.15) is 72.8 Å². The standard InChI is InChI=1S/C30H28O3/c1-29(2,3)23-15-13-22(14-16-23)26-19-30(4,5)33-27-17-11-20(18-25(26)27)10-12-21-8-6-7-9-24(21)28(31)32/h6-9,11,13-19H,1-5H3,(H,31,32). The fourth-order valence-electron chi connectivity index (χ4n) is 3.95. The lowest BCUT2D eigenvalue weighted by Gasteiger charge is -2.31. The first-order chi connectivity index (χ1) is 15.5. The topological polar surface area (TPSA) is 46.5 Å². The zero-order valence-electron chi connectivity index (χ0n) is 19.7. The van der Waals surface area contributed by atoms with Gasteiger partial charge in [-0.1, -0.05) is 69.0 Å². The van der Waals surface area contributed by atoms with Crippen LogP contribution < -0.4 is 4.74 Å². The van der Waals surface area contributed by atoms with Crippen LogP contribution >= 0.6 is 0 Å². The molecule has 0 fully saturated rings. The first-order valence-corrected chi connectivity index (χ1v) is 11.1. The Morgan fingerprint density at radius 1 is 0.939 bits per heavy atom. The Balaban J connectivity index is 1.76. The number of carboxylic acids is 1. The summed E-state index contributed by atoms with van der Waals surface area (Å²) in [6.07, 6.45) is 2.15. The molecule has 1 aliphatic heterocycles. The van der Waals surface area contributed by atoms with Gasteiger partial charge < -0.3 is 9.84 Å². The van der Waals surface area contributed by atoms with Gasteiger partial charge in [0, 0.05) is 16.7 Å². The first kappa shape index (κ1) is 22.4. The smallest absolute Gasteiger partial charge is 0.336 e. The second-order valence-electron chi connectivity index (χ2n) is 9.90. The second-order valence-corrected chi connectivity index (χ2v) is 9.90. The highest BCUT2D eigenvalue weighted by Crippen LogP contribution is 2.40. The molecule has 3 heteroatoms. The fourth-order valence-corrected chi connectivity index (χ4v) is 3.95. The van der Waals surface area contributed by atoms with E-state index in [1.165, 1.54) is 5.56 Å². The summed E-state index contributed by atoms with van der Waals surface area (Å²) < 4.78 is 6.22. The van der Waals surface area contributed by atoms with Crippen LogP contribution in [0.5, 0.6) is 5.75 Å². The van der Waals surface area contributed by atoms with Crippen molar-refractivity contribution in [3.63, 3.8) is 0 Å². The van der Waals surface area contributed by atoms with Gasteiger partial charge in [-0.3, -0.25) is 0 Å². The van der Waals surface area contributed by atoms with Crippen molar-refractivity contribution in [1.29, 1.82) is 0 Å². The van der Waals surface area contributed by atoms with E-state index in [2.05, 4.69) is 76.8 Å². The highest BCUT2D eigenvalue weighted by Gasteiger charge is 2.27. The van der Waals surface area contributed by atoms with Gasteiger partial charge in [-0.2, -0.15) is 0 Å². The molecule has 3 aromatic rings. The molecule has 0 aliphatic carbocycles. The average molecular weight is 437 g/mol. The van der Waals surface area contributed by atoms with E-state index in [9.17, 15) is 9.90 Å². The highest BCUT2D eigenvalue weighted by molar-refractivity contribution is 5.91. The molecule has 0 spiro atoms. The third-order valence-electron chi connectivity index (χ3n) is 5.70. The molecule has 0 saturated heterocycles. The number of rotatable bonds is 2. The molecule has 1 heterocycles. The number of carbonyl (C=O) groups is 1. The summed E-state index contributed by atoms with van der Waals surface area (Å²) in [7, 11) is 0. The molecule has 166 valence electrons. The van der Waals surface area contributed by atoms with Gasteiger partial charge in [0.15, 0.2) is 0 Å². The number of carboxylic acid groups (broad SMARTS) is 1. The van der Waals surface area contributed by atoms with Crippen LogP contribution in [-0.2, 0) is 5.41 Å². The van der Waals surface area contributed by atoms with Gasteiger partial charge >= 0.3 is 5.97 Å². The van der Waals surface area contributed by atoms with Gasteiger partial charge in [0.2, 0.25) is 0 Å². The van der Waals surface area contributed by atoms with Gasteiger partial charge in [0.05, 0.1) is 5.56 Å². The van der Waals surface area contributed by atoms with E-state index in [1.807, 2.05) is 18.2 Å². The number of ether oxygens (including phenoxy) is 1. The van der Waals surface area contributed by atoms with Gasteiger partial charge in [0.25, 0.3) is 0 Å². The van der Waals surface area contributed by atoms with Gasteiger partial charge in [-0.15, -0.1) is 0 Å². The van der Waals surface area contributed by atoms with E-state index in [4.69, 9.17) is 4.74 Å². The monoisotopic (exact) mass is 436 g/mol. The minimum atomic E-state index is -0.982. The molecule has 0 unspecified atom stereocenters. The predicted octanol–water partition coefficient (Wildman–Crippen LogP) is 6.68. The first-order valence-electron chi connectivity index (χ1n) is 11.1. The molecule has 0 atom stereocenters. The van der Waals surface area contributed by atoms with Crippen LogP contribution in [0.2, 0.25) is 0 Å². The molecule has 33 heavy (non-hydrogen) atoms. The molecule has 3 nitrogen and oxygen atoms in total.